The molecule has 0 aliphatic carbocycles. The van der Waals surface area contributed by atoms with Crippen LogP contribution in [0.25, 0.3) is 11.5 Å². The minimum atomic E-state index is -4.44. The summed E-state index contributed by atoms with van der Waals surface area (Å²) in [6.07, 6.45) is 1.39. The third-order valence-corrected chi connectivity index (χ3v) is 5.87. The molecule has 1 aromatic carbocycles. The summed E-state index contributed by atoms with van der Waals surface area (Å²) in [5.41, 5.74) is 2.60. The fourth-order valence-electron chi connectivity index (χ4n) is 4.02. The summed E-state index contributed by atoms with van der Waals surface area (Å²) in [6.45, 7) is 2.41. The standard InChI is InChI=1S/C27H28F3N5O3/c1-2-7-23-19(18-34(32-23)24-13-11-20(17-31-24)27(28,29)30)8-6-15-38-25-16-22(12-14-26(36)37)35(33-25)21-9-4-3-5-10-21/h3-5,9-11,13,16-18H,2,6-8,12,14-15H2,1H3,(H,36,37). The summed E-state index contributed by atoms with van der Waals surface area (Å²) in [5.74, 6) is -0.158. The Kier molecular flexibility index (Phi) is 8.45. The molecule has 0 bridgehead atoms. The lowest BCUT2D eigenvalue weighted by Gasteiger charge is -2.06. The van der Waals surface area contributed by atoms with Crippen molar-refractivity contribution in [1.29, 1.82) is 0 Å². The molecular formula is C27H28F3N5O3. The molecule has 1 N–H and O–H groups in total. The van der Waals surface area contributed by atoms with Gasteiger partial charge in [-0.2, -0.15) is 18.3 Å². The number of nitrogens with zero attached hydrogens (tertiary/aromatic N) is 5. The number of benzene rings is 1. The SMILES string of the molecule is CCCc1nn(-c2ccc(C(F)(F)F)cn2)cc1CCCOc1cc(CCC(=O)O)n(-c2ccccc2)n1. The van der Waals surface area contributed by atoms with Gasteiger partial charge >= 0.3 is 12.1 Å². The van der Waals surface area contributed by atoms with Gasteiger partial charge in [0.15, 0.2) is 5.82 Å². The predicted octanol–water partition coefficient (Wildman–Crippen LogP) is 5.45. The van der Waals surface area contributed by atoms with Crippen LogP contribution >= 0.6 is 0 Å². The van der Waals surface area contributed by atoms with E-state index in [9.17, 15) is 18.0 Å². The normalized spacial score (nSPS) is 11.6. The van der Waals surface area contributed by atoms with Gasteiger partial charge in [0.1, 0.15) is 0 Å². The van der Waals surface area contributed by atoms with Crippen LogP contribution in [0.15, 0.2) is 60.9 Å². The highest BCUT2D eigenvalue weighted by Gasteiger charge is 2.30. The van der Waals surface area contributed by atoms with Crippen LogP contribution in [0.3, 0.4) is 0 Å². The van der Waals surface area contributed by atoms with Gasteiger partial charge in [0.25, 0.3) is 0 Å². The van der Waals surface area contributed by atoms with Crippen molar-refractivity contribution in [2.75, 3.05) is 6.61 Å². The summed E-state index contributed by atoms with van der Waals surface area (Å²) < 4.78 is 47.7. The summed E-state index contributed by atoms with van der Waals surface area (Å²) >= 11 is 0. The molecule has 38 heavy (non-hydrogen) atoms. The second-order valence-corrected chi connectivity index (χ2v) is 8.77. The van der Waals surface area contributed by atoms with Crippen molar-refractivity contribution in [2.45, 2.75) is 51.6 Å². The van der Waals surface area contributed by atoms with Gasteiger partial charge in [-0.1, -0.05) is 31.5 Å². The number of aromatic nitrogens is 5. The van der Waals surface area contributed by atoms with E-state index in [0.717, 1.165) is 47.7 Å². The predicted molar refractivity (Wildman–Crippen MR) is 134 cm³/mol. The molecule has 0 radical (unpaired) electrons. The Morgan fingerprint density at radius 3 is 2.50 bits per heavy atom. The van der Waals surface area contributed by atoms with E-state index in [1.807, 2.05) is 37.3 Å². The van der Waals surface area contributed by atoms with E-state index in [2.05, 4.69) is 15.2 Å². The fourth-order valence-corrected chi connectivity index (χ4v) is 4.02. The molecule has 0 spiro atoms. The second-order valence-electron chi connectivity index (χ2n) is 8.77. The number of halogens is 3. The number of carboxylic acids is 1. The number of pyridine rings is 1. The van der Waals surface area contributed by atoms with Gasteiger partial charge in [0, 0.05) is 30.6 Å². The molecule has 0 unspecified atom stereocenters. The van der Waals surface area contributed by atoms with Crippen molar-refractivity contribution in [1.82, 2.24) is 24.5 Å². The first-order valence-electron chi connectivity index (χ1n) is 12.3. The molecule has 0 saturated heterocycles. The molecule has 4 rings (SSSR count). The van der Waals surface area contributed by atoms with Crippen LogP contribution in [-0.4, -0.2) is 42.2 Å². The van der Waals surface area contributed by atoms with E-state index in [4.69, 9.17) is 9.84 Å². The Morgan fingerprint density at radius 2 is 1.84 bits per heavy atom. The van der Waals surface area contributed by atoms with Crippen LogP contribution in [0.1, 0.15) is 48.7 Å². The monoisotopic (exact) mass is 527 g/mol. The van der Waals surface area contributed by atoms with Gasteiger partial charge in [0.2, 0.25) is 5.88 Å². The average molecular weight is 528 g/mol. The number of ether oxygens (including phenoxy) is 1. The van der Waals surface area contributed by atoms with E-state index in [1.54, 1.807) is 16.9 Å². The number of para-hydroxylation sites is 1. The molecule has 8 nitrogen and oxygen atoms in total. The highest BCUT2D eigenvalue weighted by Crippen LogP contribution is 2.29. The number of hydrogen-bond donors (Lipinski definition) is 1. The highest BCUT2D eigenvalue weighted by atomic mass is 19.4. The van der Waals surface area contributed by atoms with Crippen molar-refractivity contribution in [2.24, 2.45) is 0 Å². The molecule has 0 aliphatic heterocycles. The number of carboxylic acid groups (broad SMARTS) is 1. The van der Waals surface area contributed by atoms with Gasteiger partial charge < -0.3 is 9.84 Å². The largest absolute Gasteiger partial charge is 0.481 e. The Labute approximate surface area is 217 Å². The molecule has 0 saturated carbocycles. The molecular weight excluding hydrogens is 499 g/mol. The molecule has 0 amide bonds. The van der Waals surface area contributed by atoms with Gasteiger partial charge in [0.05, 0.1) is 30.0 Å². The summed E-state index contributed by atoms with van der Waals surface area (Å²) in [7, 11) is 0. The first kappa shape index (κ1) is 26.9. The number of aryl methyl sites for hydroxylation is 3. The van der Waals surface area contributed by atoms with Crippen molar-refractivity contribution in [3.05, 3.63) is 83.4 Å². The molecule has 0 fully saturated rings. The topological polar surface area (TPSA) is 95.1 Å². The average Bonchev–Trinajstić information content (AvgIpc) is 3.50. The van der Waals surface area contributed by atoms with Crippen molar-refractivity contribution in [3.8, 4) is 17.4 Å². The van der Waals surface area contributed by atoms with Gasteiger partial charge in [-0.05, 0) is 49.1 Å². The van der Waals surface area contributed by atoms with Crippen LogP contribution in [-0.2, 0) is 30.2 Å². The van der Waals surface area contributed by atoms with E-state index in [-0.39, 0.29) is 6.42 Å². The maximum atomic E-state index is 12.9. The number of alkyl halides is 3. The first-order chi connectivity index (χ1) is 18.2. The molecule has 4 aromatic rings. The first-order valence-corrected chi connectivity index (χ1v) is 12.3. The van der Waals surface area contributed by atoms with Gasteiger partial charge in [-0.25, -0.2) is 14.3 Å². The lowest BCUT2D eigenvalue weighted by Crippen LogP contribution is -2.07. The summed E-state index contributed by atoms with van der Waals surface area (Å²) in [6, 6.07) is 13.5. The zero-order chi connectivity index (χ0) is 27.1. The molecule has 3 heterocycles. The lowest BCUT2D eigenvalue weighted by atomic mass is 10.1. The molecule has 0 aliphatic rings. The maximum absolute atomic E-state index is 12.9. The zero-order valence-electron chi connectivity index (χ0n) is 20.9. The van der Waals surface area contributed by atoms with E-state index in [0.29, 0.717) is 37.6 Å². The summed E-state index contributed by atoms with van der Waals surface area (Å²) in [4.78, 5) is 15.0. The molecule has 200 valence electrons. The molecule has 3 aromatic heterocycles. The van der Waals surface area contributed by atoms with E-state index in [1.165, 1.54) is 10.7 Å². The lowest BCUT2D eigenvalue weighted by molar-refractivity contribution is -0.138. The Bertz CT molecular complexity index is 1350. The van der Waals surface area contributed by atoms with Gasteiger partial charge in [-0.15, -0.1) is 5.10 Å². The van der Waals surface area contributed by atoms with Crippen molar-refractivity contribution >= 4 is 5.97 Å². The number of aliphatic carboxylic acids is 1. The van der Waals surface area contributed by atoms with Crippen LogP contribution in [0, 0.1) is 0 Å². The maximum Gasteiger partial charge on any atom is 0.417 e. The van der Waals surface area contributed by atoms with Crippen LogP contribution < -0.4 is 4.74 Å². The number of rotatable bonds is 12. The van der Waals surface area contributed by atoms with Crippen LogP contribution in [0.4, 0.5) is 13.2 Å². The fraction of sp³-hybridized carbons (Fsp3) is 0.333. The van der Waals surface area contributed by atoms with Crippen LogP contribution in [0.5, 0.6) is 5.88 Å². The number of carbonyl (C=O) groups is 1. The third kappa shape index (κ3) is 6.78. The zero-order valence-corrected chi connectivity index (χ0v) is 20.9. The Balaban J connectivity index is 1.41. The Morgan fingerprint density at radius 1 is 1.05 bits per heavy atom. The van der Waals surface area contributed by atoms with Gasteiger partial charge in [-0.3, -0.25) is 4.79 Å². The Hall–Kier alpha value is -4.15. The minimum Gasteiger partial charge on any atom is -0.481 e. The number of hydrogen-bond acceptors (Lipinski definition) is 5. The molecule has 11 heteroatoms. The quantitative estimate of drug-likeness (QED) is 0.246. The van der Waals surface area contributed by atoms with Crippen molar-refractivity contribution in [3.63, 3.8) is 0 Å². The summed E-state index contributed by atoms with van der Waals surface area (Å²) in [5, 5.41) is 18.2. The second kappa shape index (κ2) is 11.9. The van der Waals surface area contributed by atoms with E-state index < -0.39 is 17.7 Å². The smallest absolute Gasteiger partial charge is 0.417 e. The minimum absolute atomic E-state index is 0.0179. The highest BCUT2D eigenvalue weighted by molar-refractivity contribution is 5.67. The molecule has 0 atom stereocenters. The van der Waals surface area contributed by atoms with Crippen molar-refractivity contribution < 1.29 is 27.8 Å². The van der Waals surface area contributed by atoms with Crippen LogP contribution in [0.2, 0.25) is 0 Å². The van der Waals surface area contributed by atoms with E-state index >= 15 is 0 Å². The third-order valence-electron chi connectivity index (χ3n) is 5.87.